The Morgan fingerprint density at radius 3 is 2.55 bits per heavy atom. The van der Waals surface area contributed by atoms with Gasteiger partial charge in [-0.05, 0) is 12.8 Å². The fraction of sp³-hybridized carbons (Fsp3) is 0.714. The predicted octanol–water partition coefficient (Wildman–Crippen LogP) is -0.847. The number of carbonyl (C=O) groups is 2. The average Bonchev–Trinajstić information content (AvgIpc) is 2.64. The van der Waals surface area contributed by atoms with Crippen molar-refractivity contribution in [3.05, 3.63) is 0 Å². The van der Waals surface area contributed by atoms with Gasteiger partial charge in [0.2, 0.25) is 11.8 Å². The van der Waals surface area contributed by atoms with Crippen LogP contribution in [-0.4, -0.2) is 23.9 Å². The molecule has 1 heterocycles. The van der Waals surface area contributed by atoms with Crippen molar-refractivity contribution < 1.29 is 9.59 Å². The lowest BCUT2D eigenvalue weighted by molar-refractivity contribution is -0.125. The van der Waals surface area contributed by atoms with Crippen molar-refractivity contribution in [3.63, 3.8) is 0 Å². The van der Waals surface area contributed by atoms with Gasteiger partial charge in [-0.15, -0.1) is 0 Å². The zero-order valence-corrected chi connectivity index (χ0v) is 6.09. The van der Waals surface area contributed by atoms with Crippen LogP contribution in [0.3, 0.4) is 0 Å². The van der Waals surface area contributed by atoms with Gasteiger partial charge in [0, 0.05) is 6.04 Å². The molecule has 2 amide bonds. The largest absolute Gasteiger partial charge is 0.303 e. The van der Waals surface area contributed by atoms with E-state index < -0.39 is 0 Å². The number of nitrogens with one attached hydrogen (secondary N) is 2. The minimum Gasteiger partial charge on any atom is -0.303 e. The maximum Gasteiger partial charge on any atom is 0.244 e. The molecular weight excluding hydrogens is 144 g/mol. The first kappa shape index (κ1) is 6.79. The highest BCUT2D eigenvalue weighted by molar-refractivity contribution is 6.05. The molecule has 2 N–H and O–H groups in total. The standard InChI is InChI=1S/C7H10N2O2/c10-6-3-5(7(11)9-6)8-4-1-2-4/h4-5,8H,1-3H2,(H,9,10,11)/t5-/m0/s1. The van der Waals surface area contributed by atoms with Gasteiger partial charge in [-0.25, -0.2) is 0 Å². The summed E-state index contributed by atoms with van der Waals surface area (Å²) < 4.78 is 0. The number of imide groups is 1. The molecule has 1 aliphatic carbocycles. The van der Waals surface area contributed by atoms with E-state index in [9.17, 15) is 9.59 Å². The summed E-state index contributed by atoms with van der Waals surface area (Å²) in [6, 6.07) is 0.228. The third-order valence-electron chi connectivity index (χ3n) is 1.98. The Kier molecular flexibility index (Phi) is 1.42. The van der Waals surface area contributed by atoms with Crippen LogP contribution < -0.4 is 10.6 Å². The van der Waals surface area contributed by atoms with Crippen LogP contribution in [0.2, 0.25) is 0 Å². The minimum atomic E-state index is -0.255. The monoisotopic (exact) mass is 154 g/mol. The Morgan fingerprint density at radius 2 is 2.09 bits per heavy atom. The number of hydrogen-bond donors (Lipinski definition) is 2. The van der Waals surface area contributed by atoms with Gasteiger partial charge >= 0.3 is 0 Å². The highest BCUT2D eigenvalue weighted by atomic mass is 16.2. The first-order valence-corrected chi connectivity index (χ1v) is 3.85. The van der Waals surface area contributed by atoms with E-state index in [1.807, 2.05) is 0 Å². The fourth-order valence-corrected chi connectivity index (χ4v) is 1.22. The van der Waals surface area contributed by atoms with Crippen LogP contribution in [-0.2, 0) is 9.59 Å². The molecule has 0 aromatic rings. The van der Waals surface area contributed by atoms with Crippen LogP contribution in [0.4, 0.5) is 0 Å². The van der Waals surface area contributed by atoms with Gasteiger partial charge < -0.3 is 5.32 Å². The summed E-state index contributed by atoms with van der Waals surface area (Å²) in [6.45, 7) is 0. The predicted molar refractivity (Wildman–Crippen MR) is 37.7 cm³/mol. The lowest BCUT2D eigenvalue weighted by Crippen LogP contribution is -2.37. The smallest absolute Gasteiger partial charge is 0.244 e. The molecule has 2 rings (SSSR count). The third kappa shape index (κ3) is 1.40. The van der Waals surface area contributed by atoms with Crippen molar-refractivity contribution in [2.75, 3.05) is 0 Å². The molecule has 0 spiro atoms. The van der Waals surface area contributed by atoms with E-state index in [2.05, 4.69) is 10.6 Å². The summed E-state index contributed by atoms with van der Waals surface area (Å²) in [7, 11) is 0. The van der Waals surface area contributed by atoms with E-state index >= 15 is 0 Å². The number of rotatable bonds is 2. The first-order chi connectivity index (χ1) is 5.25. The molecule has 4 nitrogen and oxygen atoms in total. The van der Waals surface area contributed by atoms with Gasteiger partial charge in [0.25, 0.3) is 0 Å². The third-order valence-corrected chi connectivity index (χ3v) is 1.98. The molecule has 0 aromatic carbocycles. The van der Waals surface area contributed by atoms with E-state index in [1.54, 1.807) is 0 Å². The maximum atomic E-state index is 11.0. The summed E-state index contributed by atoms with van der Waals surface area (Å²) in [5.74, 6) is -0.324. The van der Waals surface area contributed by atoms with Crippen molar-refractivity contribution in [1.29, 1.82) is 0 Å². The molecule has 1 aliphatic heterocycles. The van der Waals surface area contributed by atoms with Gasteiger partial charge in [-0.2, -0.15) is 0 Å². The molecule has 1 saturated carbocycles. The van der Waals surface area contributed by atoms with Crippen LogP contribution in [0.25, 0.3) is 0 Å². The van der Waals surface area contributed by atoms with Gasteiger partial charge in [0.1, 0.15) is 0 Å². The van der Waals surface area contributed by atoms with Crippen LogP contribution in [0, 0.1) is 0 Å². The summed E-state index contributed by atoms with van der Waals surface area (Å²) >= 11 is 0. The molecule has 11 heavy (non-hydrogen) atoms. The van der Waals surface area contributed by atoms with Crippen LogP contribution in [0.1, 0.15) is 19.3 Å². The number of amides is 2. The Labute approximate surface area is 64.3 Å². The summed E-state index contributed by atoms with van der Waals surface area (Å²) in [5, 5.41) is 5.36. The zero-order chi connectivity index (χ0) is 7.84. The molecule has 0 bridgehead atoms. The summed E-state index contributed by atoms with van der Waals surface area (Å²) in [6.07, 6.45) is 2.59. The van der Waals surface area contributed by atoms with Gasteiger partial charge in [0.05, 0.1) is 12.5 Å². The SMILES string of the molecule is O=C1C[C@H](NC2CC2)C(=O)N1. The molecule has 4 heteroatoms. The van der Waals surface area contributed by atoms with Crippen molar-refractivity contribution >= 4 is 11.8 Å². The van der Waals surface area contributed by atoms with E-state index in [-0.39, 0.29) is 17.9 Å². The summed E-state index contributed by atoms with van der Waals surface area (Å²) in [5.41, 5.74) is 0. The topological polar surface area (TPSA) is 58.2 Å². The molecule has 60 valence electrons. The number of carbonyl (C=O) groups excluding carboxylic acids is 2. The van der Waals surface area contributed by atoms with Crippen molar-refractivity contribution in [3.8, 4) is 0 Å². The minimum absolute atomic E-state index is 0.159. The van der Waals surface area contributed by atoms with Gasteiger partial charge in [-0.3, -0.25) is 14.9 Å². The zero-order valence-electron chi connectivity index (χ0n) is 6.09. The molecular formula is C7H10N2O2. The number of hydrogen-bond acceptors (Lipinski definition) is 3. The maximum absolute atomic E-state index is 11.0. The normalized spacial score (nSPS) is 30.7. The molecule has 0 unspecified atom stereocenters. The second kappa shape index (κ2) is 2.30. The molecule has 1 atom stereocenters. The van der Waals surface area contributed by atoms with Crippen molar-refractivity contribution in [2.45, 2.75) is 31.3 Å². The van der Waals surface area contributed by atoms with Crippen LogP contribution in [0.15, 0.2) is 0 Å². The fourth-order valence-electron chi connectivity index (χ4n) is 1.22. The second-order valence-corrected chi connectivity index (χ2v) is 3.11. The van der Waals surface area contributed by atoms with Crippen LogP contribution in [0.5, 0.6) is 0 Å². The quantitative estimate of drug-likeness (QED) is 0.509. The summed E-state index contributed by atoms with van der Waals surface area (Å²) in [4.78, 5) is 21.6. The van der Waals surface area contributed by atoms with E-state index in [1.165, 1.54) is 0 Å². The molecule has 1 saturated heterocycles. The Hall–Kier alpha value is -0.900. The highest BCUT2D eigenvalue weighted by Crippen LogP contribution is 2.20. The Bertz CT molecular complexity index is 210. The second-order valence-electron chi connectivity index (χ2n) is 3.11. The molecule has 2 fully saturated rings. The lowest BCUT2D eigenvalue weighted by Gasteiger charge is -2.05. The lowest BCUT2D eigenvalue weighted by atomic mass is 10.2. The molecule has 0 radical (unpaired) electrons. The van der Waals surface area contributed by atoms with Crippen molar-refractivity contribution in [1.82, 2.24) is 10.6 Å². The van der Waals surface area contributed by atoms with Crippen LogP contribution >= 0.6 is 0 Å². The van der Waals surface area contributed by atoms with Gasteiger partial charge in [0.15, 0.2) is 0 Å². The van der Waals surface area contributed by atoms with E-state index in [4.69, 9.17) is 0 Å². The Morgan fingerprint density at radius 1 is 1.36 bits per heavy atom. The highest BCUT2D eigenvalue weighted by Gasteiger charge is 2.34. The van der Waals surface area contributed by atoms with Gasteiger partial charge in [-0.1, -0.05) is 0 Å². The average molecular weight is 154 g/mol. The Balaban J connectivity index is 1.91. The molecule has 2 aliphatic rings. The van der Waals surface area contributed by atoms with Crippen molar-refractivity contribution in [2.24, 2.45) is 0 Å². The first-order valence-electron chi connectivity index (χ1n) is 3.85. The van der Waals surface area contributed by atoms with E-state index in [0.29, 0.717) is 12.5 Å². The van der Waals surface area contributed by atoms with E-state index in [0.717, 1.165) is 12.8 Å². The molecule has 0 aromatic heterocycles.